The number of aromatic nitrogens is 2. The number of hydrogen-bond acceptors (Lipinski definition) is 3. The largest absolute Gasteiger partial charge is 0.419 e. The molecule has 2 fully saturated rings. The summed E-state index contributed by atoms with van der Waals surface area (Å²) in [6, 6.07) is -0.656. The molecule has 9 heteroatoms. The summed E-state index contributed by atoms with van der Waals surface area (Å²) in [5.41, 5.74) is -0.936. The van der Waals surface area contributed by atoms with Gasteiger partial charge in [-0.1, -0.05) is 0 Å². The van der Waals surface area contributed by atoms with Gasteiger partial charge in [-0.3, -0.25) is 4.68 Å². The number of alkyl halides is 3. The predicted octanol–water partition coefficient (Wildman–Crippen LogP) is 1.49. The number of rotatable bonds is 2. The molecule has 1 aliphatic heterocycles. The molecule has 2 amide bonds. The molecule has 23 heavy (non-hydrogen) atoms. The average Bonchev–Trinajstić information content (AvgIpc) is 3.13. The second-order valence-electron chi connectivity index (χ2n) is 6.16. The summed E-state index contributed by atoms with van der Waals surface area (Å²) in [6.45, 7) is 0.268. The summed E-state index contributed by atoms with van der Waals surface area (Å²) < 4.78 is 39.8. The van der Waals surface area contributed by atoms with Crippen LogP contribution in [0, 0.1) is 5.92 Å². The van der Waals surface area contributed by atoms with Gasteiger partial charge in [0.15, 0.2) is 0 Å². The Kier molecular flexibility index (Phi) is 3.99. The molecule has 0 bridgehead atoms. The Bertz CT molecular complexity index is 601. The number of likely N-dealkylation sites (tertiary alicyclic amines) is 1. The Balaban J connectivity index is 1.67. The van der Waals surface area contributed by atoms with Crippen LogP contribution >= 0.6 is 0 Å². The number of amides is 2. The number of halogens is 3. The maximum absolute atomic E-state index is 12.9. The second kappa shape index (κ2) is 5.70. The van der Waals surface area contributed by atoms with Crippen molar-refractivity contribution in [3.05, 3.63) is 17.5 Å². The van der Waals surface area contributed by atoms with Crippen molar-refractivity contribution < 1.29 is 23.1 Å². The Morgan fingerprint density at radius 3 is 2.87 bits per heavy atom. The topological polar surface area (TPSA) is 70.4 Å². The van der Waals surface area contributed by atoms with E-state index in [1.54, 1.807) is 4.90 Å². The second-order valence-corrected chi connectivity index (χ2v) is 6.16. The van der Waals surface area contributed by atoms with E-state index in [2.05, 4.69) is 10.4 Å². The van der Waals surface area contributed by atoms with Crippen LogP contribution in [0.1, 0.15) is 30.5 Å². The van der Waals surface area contributed by atoms with Crippen LogP contribution in [0.25, 0.3) is 0 Å². The first-order chi connectivity index (χ1) is 10.8. The van der Waals surface area contributed by atoms with Gasteiger partial charge in [0.25, 0.3) is 0 Å². The quantitative estimate of drug-likeness (QED) is 0.862. The Morgan fingerprint density at radius 2 is 2.17 bits per heavy atom. The van der Waals surface area contributed by atoms with Gasteiger partial charge in [-0.05, 0) is 25.2 Å². The van der Waals surface area contributed by atoms with Crippen LogP contribution in [-0.2, 0) is 19.8 Å². The zero-order valence-corrected chi connectivity index (χ0v) is 12.7. The molecule has 2 N–H and O–H groups in total. The van der Waals surface area contributed by atoms with Crippen molar-refractivity contribution >= 4 is 6.03 Å². The zero-order chi connectivity index (χ0) is 16.8. The molecule has 0 radical (unpaired) electrons. The van der Waals surface area contributed by atoms with E-state index in [1.165, 1.54) is 7.05 Å². The van der Waals surface area contributed by atoms with Crippen LogP contribution in [0.4, 0.5) is 18.0 Å². The highest BCUT2D eigenvalue weighted by Gasteiger charge is 2.45. The number of fused-ring (bicyclic) bond motifs is 1. The van der Waals surface area contributed by atoms with E-state index in [0.29, 0.717) is 13.0 Å². The molecular weight excluding hydrogens is 313 g/mol. The van der Waals surface area contributed by atoms with Crippen molar-refractivity contribution in [1.29, 1.82) is 0 Å². The number of aryl methyl sites for hydroxylation is 1. The molecule has 1 saturated heterocycles. The van der Waals surface area contributed by atoms with Crippen molar-refractivity contribution in [3.8, 4) is 0 Å². The first-order valence-electron chi connectivity index (χ1n) is 7.59. The number of nitrogens with zero attached hydrogens (tertiary/aromatic N) is 3. The minimum Gasteiger partial charge on any atom is -0.391 e. The van der Waals surface area contributed by atoms with Gasteiger partial charge in [0.2, 0.25) is 0 Å². The predicted molar refractivity (Wildman–Crippen MR) is 74.3 cm³/mol. The standard InChI is InChI=1S/C14H19F3N4O2/c1-20-10(9(6-19-20)14(15,16)17)7-18-13(23)21-5-4-8-2-3-11(22)12(8)21/h6,8,11-12,22H,2-5,7H2,1H3,(H,18,23)/t8-,11+,12+/m0/s1. The third kappa shape index (κ3) is 2.89. The molecule has 0 spiro atoms. The van der Waals surface area contributed by atoms with Crippen molar-refractivity contribution in [2.45, 2.75) is 44.1 Å². The highest BCUT2D eigenvalue weighted by atomic mass is 19.4. The molecular formula is C14H19F3N4O2. The average molecular weight is 332 g/mol. The number of carbonyl (C=O) groups excluding carboxylic acids is 1. The van der Waals surface area contributed by atoms with Crippen LogP contribution in [0.5, 0.6) is 0 Å². The van der Waals surface area contributed by atoms with E-state index >= 15 is 0 Å². The minimum atomic E-state index is -4.51. The third-order valence-electron chi connectivity index (χ3n) is 4.85. The molecule has 2 aliphatic rings. The van der Waals surface area contributed by atoms with Crippen LogP contribution in [0.3, 0.4) is 0 Å². The van der Waals surface area contributed by atoms with E-state index in [4.69, 9.17) is 0 Å². The number of carbonyl (C=O) groups is 1. The summed E-state index contributed by atoms with van der Waals surface area (Å²) >= 11 is 0. The molecule has 1 saturated carbocycles. The van der Waals surface area contributed by atoms with E-state index in [1.807, 2.05) is 0 Å². The van der Waals surface area contributed by atoms with Gasteiger partial charge in [0.1, 0.15) is 0 Å². The van der Waals surface area contributed by atoms with E-state index in [-0.39, 0.29) is 24.2 Å². The number of urea groups is 1. The number of aliphatic hydroxyl groups excluding tert-OH is 1. The van der Waals surface area contributed by atoms with Gasteiger partial charge in [0, 0.05) is 13.6 Å². The van der Waals surface area contributed by atoms with Crippen molar-refractivity contribution in [1.82, 2.24) is 20.0 Å². The molecule has 0 aromatic carbocycles. The Hall–Kier alpha value is -1.77. The van der Waals surface area contributed by atoms with Crippen molar-refractivity contribution in [3.63, 3.8) is 0 Å². The van der Waals surface area contributed by atoms with E-state index < -0.39 is 23.9 Å². The lowest BCUT2D eigenvalue weighted by atomic mass is 10.0. The minimum absolute atomic E-state index is 0.0893. The molecule has 1 aliphatic carbocycles. The third-order valence-corrected chi connectivity index (χ3v) is 4.85. The zero-order valence-electron chi connectivity index (χ0n) is 12.7. The highest BCUT2D eigenvalue weighted by Crippen LogP contribution is 2.38. The number of nitrogens with one attached hydrogen (secondary N) is 1. The van der Waals surface area contributed by atoms with Crippen molar-refractivity contribution in [2.75, 3.05) is 6.54 Å². The molecule has 128 valence electrons. The fraction of sp³-hybridized carbons (Fsp3) is 0.714. The molecule has 0 unspecified atom stereocenters. The van der Waals surface area contributed by atoms with Crippen LogP contribution in [0.2, 0.25) is 0 Å². The fourth-order valence-corrected chi connectivity index (χ4v) is 3.68. The summed E-state index contributed by atoms with van der Waals surface area (Å²) in [7, 11) is 1.41. The SMILES string of the molecule is Cn1ncc(C(F)(F)F)c1CNC(=O)N1CC[C@@H]2CC[C@@H](O)[C@@H]21. The molecule has 1 aromatic heterocycles. The fourth-order valence-electron chi connectivity index (χ4n) is 3.68. The molecule has 2 heterocycles. The number of hydrogen-bond donors (Lipinski definition) is 2. The van der Waals surface area contributed by atoms with Gasteiger partial charge >= 0.3 is 12.2 Å². The monoisotopic (exact) mass is 332 g/mol. The lowest BCUT2D eigenvalue weighted by Gasteiger charge is -2.27. The highest BCUT2D eigenvalue weighted by molar-refractivity contribution is 5.75. The molecule has 3 atom stereocenters. The summed E-state index contributed by atoms with van der Waals surface area (Å²) in [5, 5.41) is 16.1. The summed E-state index contributed by atoms with van der Waals surface area (Å²) in [4.78, 5) is 13.8. The normalized spacial score (nSPS) is 27.3. The van der Waals surface area contributed by atoms with Gasteiger partial charge in [-0.2, -0.15) is 18.3 Å². The lowest BCUT2D eigenvalue weighted by Crippen LogP contribution is -2.47. The molecule has 6 nitrogen and oxygen atoms in total. The molecule has 1 aromatic rings. The number of aliphatic hydroxyl groups is 1. The maximum atomic E-state index is 12.9. The van der Waals surface area contributed by atoms with E-state index in [9.17, 15) is 23.1 Å². The van der Waals surface area contributed by atoms with Gasteiger partial charge in [-0.15, -0.1) is 0 Å². The maximum Gasteiger partial charge on any atom is 0.419 e. The van der Waals surface area contributed by atoms with Gasteiger partial charge in [0.05, 0.1) is 36.1 Å². The Labute approximate surface area is 131 Å². The summed E-state index contributed by atoms with van der Waals surface area (Å²) in [6.07, 6.45) is -1.91. The Morgan fingerprint density at radius 1 is 1.43 bits per heavy atom. The van der Waals surface area contributed by atoms with Crippen LogP contribution < -0.4 is 5.32 Å². The van der Waals surface area contributed by atoms with Gasteiger partial charge < -0.3 is 15.3 Å². The van der Waals surface area contributed by atoms with Crippen LogP contribution in [0.15, 0.2) is 6.20 Å². The summed E-state index contributed by atoms with van der Waals surface area (Å²) in [5.74, 6) is 0.290. The van der Waals surface area contributed by atoms with Crippen LogP contribution in [-0.4, -0.2) is 44.5 Å². The van der Waals surface area contributed by atoms with Gasteiger partial charge in [-0.25, -0.2) is 4.79 Å². The van der Waals surface area contributed by atoms with E-state index in [0.717, 1.165) is 23.7 Å². The van der Waals surface area contributed by atoms with Crippen molar-refractivity contribution in [2.24, 2.45) is 13.0 Å². The first-order valence-corrected chi connectivity index (χ1v) is 7.59. The first kappa shape index (κ1) is 16.1. The smallest absolute Gasteiger partial charge is 0.391 e. The lowest BCUT2D eigenvalue weighted by molar-refractivity contribution is -0.138. The molecule has 3 rings (SSSR count).